The zero-order valence-corrected chi connectivity index (χ0v) is 23.9. The van der Waals surface area contributed by atoms with E-state index in [0.29, 0.717) is 33.2 Å². The number of allylic oxidation sites excluding steroid dienone is 2. The summed E-state index contributed by atoms with van der Waals surface area (Å²) in [7, 11) is -3.98. The van der Waals surface area contributed by atoms with Crippen LogP contribution in [0.5, 0.6) is 0 Å². The molecular formula is C26H49NOSi2. The Labute approximate surface area is 189 Å². The van der Waals surface area contributed by atoms with Crippen LogP contribution in [0, 0.1) is 0 Å². The van der Waals surface area contributed by atoms with Crippen LogP contribution < -0.4 is 0 Å². The van der Waals surface area contributed by atoms with Gasteiger partial charge in [0.1, 0.15) is 8.07 Å². The fourth-order valence-electron chi connectivity index (χ4n) is 8.43. The Bertz CT molecular complexity index is 671. The third-order valence-corrected chi connectivity index (χ3v) is 23.2. The van der Waals surface area contributed by atoms with Gasteiger partial charge < -0.3 is 9.67 Å². The molecular weight excluding hydrogens is 398 g/mol. The van der Waals surface area contributed by atoms with Crippen LogP contribution >= 0.6 is 0 Å². The van der Waals surface area contributed by atoms with E-state index >= 15 is 0 Å². The fourth-order valence-corrected chi connectivity index (χ4v) is 23.0. The van der Waals surface area contributed by atoms with E-state index in [1.54, 1.807) is 0 Å². The second-order valence-corrected chi connectivity index (χ2v) is 23.5. The van der Waals surface area contributed by atoms with Gasteiger partial charge in [0.2, 0.25) is 0 Å². The molecule has 30 heavy (non-hydrogen) atoms. The summed E-state index contributed by atoms with van der Waals surface area (Å²) in [6.07, 6.45) is 9.06. The minimum absolute atomic E-state index is 0.503. The van der Waals surface area contributed by atoms with Crippen LogP contribution in [0.25, 0.3) is 0 Å². The number of nitrogens with zero attached hydrogens (tertiary/aromatic N) is 1. The van der Waals surface area contributed by atoms with E-state index < -0.39 is 21.5 Å². The Morgan fingerprint density at radius 1 is 0.767 bits per heavy atom. The van der Waals surface area contributed by atoms with Crippen molar-refractivity contribution < 1.29 is 5.11 Å². The van der Waals surface area contributed by atoms with Gasteiger partial charge in [0.05, 0.1) is 5.22 Å². The molecule has 1 N–H and O–H groups in total. The molecule has 0 saturated heterocycles. The molecule has 4 heteroatoms. The summed E-state index contributed by atoms with van der Waals surface area (Å²) in [4.78, 5) is 0. The summed E-state index contributed by atoms with van der Waals surface area (Å²) in [6.45, 7) is 29.7. The summed E-state index contributed by atoms with van der Waals surface area (Å²) in [5.41, 5.74) is 6.05. The number of rotatable bonds is 8. The quantitative estimate of drug-likeness (QED) is 0.383. The van der Waals surface area contributed by atoms with Crippen molar-refractivity contribution >= 4 is 16.3 Å². The van der Waals surface area contributed by atoms with Gasteiger partial charge in [0.15, 0.2) is 8.24 Å². The molecule has 1 unspecified atom stereocenters. The molecule has 0 amide bonds. The minimum Gasteiger partial charge on any atom is -0.393 e. The van der Waals surface area contributed by atoms with E-state index in [4.69, 9.17) is 0 Å². The van der Waals surface area contributed by atoms with Gasteiger partial charge >= 0.3 is 0 Å². The summed E-state index contributed by atoms with van der Waals surface area (Å²) >= 11 is 0. The molecule has 0 aromatic rings. The lowest BCUT2D eigenvalue weighted by Crippen LogP contribution is -2.65. The minimum atomic E-state index is -2.16. The lowest BCUT2D eigenvalue weighted by Gasteiger charge is -2.56. The second kappa shape index (κ2) is 8.75. The smallest absolute Gasteiger partial charge is 0.164 e. The van der Waals surface area contributed by atoms with Gasteiger partial charge in [-0.15, -0.1) is 0 Å². The van der Waals surface area contributed by atoms with E-state index in [9.17, 15) is 5.11 Å². The Kier molecular flexibility index (Phi) is 7.48. The van der Waals surface area contributed by atoms with E-state index in [1.807, 2.05) is 0 Å². The highest BCUT2D eigenvalue weighted by Gasteiger charge is 2.61. The van der Waals surface area contributed by atoms with E-state index in [1.165, 1.54) is 11.3 Å². The maximum atomic E-state index is 12.6. The molecule has 172 valence electrons. The van der Waals surface area contributed by atoms with Crippen LogP contribution in [0.15, 0.2) is 35.6 Å². The zero-order chi connectivity index (χ0) is 23.2. The van der Waals surface area contributed by atoms with Crippen molar-refractivity contribution in [1.29, 1.82) is 0 Å². The molecule has 0 bridgehead atoms. The van der Waals surface area contributed by atoms with Crippen LogP contribution in [0.2, 0.25) is 33.2 Å². The second-order valence-electron chi connectivity index (χ2n) is 11.7. The van der Waals surface area contributed by atoms with E-state index in [-0.39, 0.29) is 0 Å². The van der Waals surface area contributed by atoms with Gasteiger partial charge in [-0.05, 0) is 39.3 Å². The lowest BCUT2D eigenvalue weighted by atomic mass is 10.0. The molecule has 2 nitrogen and oxygen atoms in total. The largest absolute Gasteiger partial charge is 0.393 e. The summed E-state index contributed by atoms with van der Waals surface area (Å²) in [5, 5.41) is 11.8. The third kappa shape index (κ3) is 3.28. The fraction of sp³-hybridized carbons (Fsp3) is 0.769. The van der Waals surface area contributed by atoms with Crippen molar-refractivity contribution in [3.63, 3.8) is 0 Å². The van der Waals surface area contributed by atoms with Crippen molar-refractivity contribution in [2.45, 2.75) is 122 Å². The third-order valence-electron chi connectivity index (χ3n) is 8.82. The standard InChI is InChI=1S/C26H49NOSi2/c1-18(2)29(19(3)4,20(5)6)26(28)16-13-14-25-24(26)15-17-27(25)30(21(7)8,22(9)10)23(11)12/h13-16,18-23,28H,17H2,1-12H3. The van der Waals surface area contributed by atoms with Crippen LogP contribution in [0.4, 0.5) is 0 Å². The molecule has 0 aromatic heterocycles. The van der Waals surface area contributed by atoms with Gasteiger partial charge in [-0.25, -0.2) is 0 Å². The maximum absolute atomic E-state index is 12.6. The molecule has 1 aliphatic heterocycles. The molecule has 1 atom stereocenters. The predicted molar refractivity (Wildman–Crippen MR) is 139 cm³/mol. The first-order valence-corrected chi connectivity index (χ1v) is 16.7. The highest BCUT2D eigenvalue weighted by Crippen LogP contribution is 2.57. The molecule has 2 rings (SSSR count). The first-order chi connectivity index (χ1) is 13.7. The number of hydrogen-bond acceptors (Lipinski definition) is 2. The first kappa shape index (κ1) is 25.7. The maximum Gasteiger partial charge on any atom is 0.164 e. The van der Waals surface area contributed by atoms with Crippen molar-refractivity contribution in [2.24, 2.45) is 0 Å². The Morgan fingerprint density at radius 2 is 1.20 bits per heavy atom. The topological polar surface area (TPSA) is 23.5 Å². The van der Waals surface area contributed by atoms with E-state index in [2.05, 4.69) is 112 Å². The highest BCUT2D eigenvalue weighted by molar-refractivity contribution is 6.87. The molecule has 0 fully saturated rings. The number of fused-ring (bicyclic) bond motifs is 1. The Morgan fingerprint density at radius 3 is 1.57 bits per heavy atom. The lowest BCUT2D eigenvalue weighted by molar-refractivity contribution is 0.194. The van der Waals surface area contributed by atoms with Crippen molar-refractivity contribution in [2.75, 3.05) is 6.54 Å². The molecule has 0 aromatic carbocycles. The zero-order valence-electron chi connectivity index (χ0n) is 21.9. The van der Waals surface area contributed by atoms with Crippen molar-refractivity contribution in [1.82, 2.24) is 4.57 Å². The van der Waals surface area contributed by atoms with E-state index in [0.717, 1.165) is 6.54 Å². The normalized spacial score (nSPS) is 22.8. The molecule has 0 spiro atoms. The Hall–Kier alpha value is -0.586. The average molecular weight is 448 g/mol. The van der Waals surface area contributed by atoms with Crippen molar-refractivity contribution in [3.05, 3.63) is 35.6 Å². The molecule has 0 saturated carbocycles. The van der Waals surface area contributed by atoms with Gasteiger partial charge in [0, 0.05) is 17.8 Å². The number of aliphatic hydroxyl groups is 1. The van der Waals surface area contributed by atoms with Crippen molar-refractivity contribution in [3.8, 4) is 0 Å². The van der Waals surface area contributed by atoms with Crippen LogP contribution in [0.1, 0.15) is 83.1 Å². The van der Waals surface area contributed by atoms with Gasteiger partial charge in [-0.1, -0.05) is 101 Å². The predicted octanol–water partition coefficient (Wildman–Crippen LogP) is 7.81. The number of hydrogen-bond donors (Lipinski definition) is 1. The molecule has 1 aliphatic carbocycles. The van der Waals surface area contributed by atoms with Gasteiger partial charge in [-0.3, -0.25) is 0 Å². The van der Waals surface area contributed by atoms with Gasteiger partial charge in [-0.2, -0.15) is 0 Å². The highest BCUT2D eigenvalue weighted by atomic mass is 28.3. The molecule has 2 aliphatic rings. The van der Waals surface area contributed by atoms with Crippen LogP contribution in [0.3, 0.4) is 0 Å². The molecule has 0 radical (unpaired) electrons. The SMILES string of the molecule is CC(C)[Si](C(C)C)(C(C)C)N1CC=C2C1=CC=CC2(O)[Si](C(C)C)(C(C)C)C(C)C. The summed E-state index contributed by atoms with van der Waals surface area (Å²) in [5.74, 6) is 0. The monoisotopic (exact) mass is 447 g/mol. The van der Waals surface area contributed by atoms with Gasteiger partial charge in [0.25, 0.3) is 0 Å². The first-order valence-electron chi connectivity index (χ1n) is 12.3. The van der Waals surface area contributed by atoms with Crippen LogP contribution in [-0.4, -0.2) is 37.8 Å². The average Bonchev–Trinajstić information content (AvgIpc) is 2.99. The van der Waals surface area contributed by atoms with Crippen LogP contribution in [-0.2, 0) is 0 Å². The summed E-state index contributed by atoms with van der Waals surface area (Å²) < 4.78 is 2.79. The summed E-state index contributed by atoms with van der Waals surface area (Å²) in [6, 6.07) is 0. The Balaban J connectivity index is 2.70. The molecule has 1 heterocycles.